The molecule has 132 valence electrons. The summed E-state index contributed by atoms with van der Waals surface area (Å²) in [5.74, 6) is -2.02. The maximum absolute atomic E-state index is 13.4. The number of aromatic amines is 1. The number of aromatic nitrogens is 1. The summed E-state index contributed by atoms with van der Waals surface area (Å²) >= 11 is 0. The van der Waals surface area contributed by atoms with Crippen molar-refractivity contribution in [3.05, 3.63) is 30.0 Å². The Labute approximate surface area is 146 Å². The minimum atomic E-state index is -0.930. The van der Waals surface area contributed by atoms with Crippen LogP contribution < -0.4 is 10.6 Å². The van der Waals surface area contributed by atoms with Crippen LogP contribution in [-0.2, 0) is 4.79 Å². The molecule has 0 bridgehead atoms. The van der Waals surface area contributed by atoms with Crippen molar-refractivity contribution in [3.8, 4) is 0 Å². The highest BCUT2D eigenvalue weighted by Crippen LogP contribution is 2.25. The predicted octanol–water partition coefficient (Wildman–Crippen LogP) is 3.81. The van der Waals surface area contributed by atoms with Gasteiger partial charge in [0.2, 0.25) is 5.91 Å². The summed E-state index contributed by atoms with van der Waals surface area (Å²) in [7, 11) is 0. The molecule has 0 unspecified atom stereocenters. The molecule has 1 aliphatic rings. The number of nitrogens with one attached hydrogen (secondary N) is 3. The summed E-state index contributed by atoms with van der Waals surface area (Å²) in [6, 6.07) is 2.22. The lowest BCUT2D eigenvalue weighted by Gasteiger charge is -2.26. The summed E-state index contributed by atoms with van der Waals surface area (Å²) in [4.78, 5) is 15.2. The summed E-state index contributed by atoms with van der Waals surface area (Å²) < 4.78 is 26.6. The molecule has 0 saturated heterocycles. The van der Waals surface area contributed by atoms with Gasteiger partial charge in [0.25, 0.3) is 0 Å². The van der Waals surface area contributed by atoms with E-state index in [1.165, 1.54) is 19.3 Å². The Balaban J connectivity index is 0.00000208. The van der Waals surface area contributed by atoms with E-state index >= 15 is 0 Å². The number of carbonyl (C=O) groups is 1. The molecule has 2 aromatic rings. The van der Waals surface area contributed by atoms with Crippen molar-refractivity contribution in [1.82, 2.24) is 10.3 Å². The van der Waals surface area contributed by atoms with Gasteiger partial charge in [-0.3, -0.25) is 4.79 Å². The SMILES string of the molecule is C[C@H](NC1CCCCC1)C(=O)Nc1c[nH]c2cc(F)c(F)cc12.S. The van der Waals surface area contributed by atoms with E-state index in [0.717, 1.165) is 25.0 Å². The van der Waals surface area contributed by atoms with Gasteiger partial charge in [-0.15, -0.1) is 0 Å². The van der Waals surface area contributed by atoms with Crippen LogP contribution in [0.2, 0.25) is 0 Å². The third-order valence-electron chi connectivity index (χ3n) is 4.46. The number of fused-ring (bicyclic) bond motifs is 1. The molecule has 3 rings (SSSR count). The van der Waals surface area contributed by atoms with Gasteiger partial charge in [-0.05, 0) is 25.8 Å². The number of carbonyl (C=O) groups excluding carboxylic acids is 1. The highest BCUT2D eigenvalue weighted by atomic mass is 32.1. The minimum Gasteiger partial charge on any atom is -0.359 e. The molecule has 1 amide bonds. The zero-order valence-electron chi connectivity index (χ0n) is 13.6. The first-order valence-electron chi connectivity index (χ1n) is 8.07. The van der Waals surface area contributed by atoms with Crippen LogP contribution in [0.4, 0.5) is 14.5 Å². The van der Waals surface area contributed by atoms with Gasteiger partial charge in [-0.25, -0.2) is 8.78 Å². The molecular weight excluding hydrogens is 332 g/mol. The lowest BCUT2D eigenvalue weighted by molar-refractivity contribution is -0.118. The number of rotatable bonds is 4. The lowest BCUT2D eigenvalue weighted by atomic mass is 9.95. The fourth-order valence-electron chi connectivity index (χ4n) is 3.16. The first-order valence-corrected chi connectivity index (χ1v) is 8.07. The number of anilines is 1. The Morgan fingerprint density at radius 1 is 1.21 bits per heavy atom. The monoisotopic (exact) mass is 355 g/mol. The van der Waals surface area contributed by atoms with Crippen LogP contribution in [0.15, 0.2) is 18.3 Å². The summed E-state index contributed by atoms with van der Waals surface area (Å²) in [5, 5.41) is 6.58. The molecule has 1 aliphatic carbocycles. The Bertz CT molecular complexity index is 713. The van der Waals surface area contributed by atoms with E-state index in [1.807, 2.05) is 6.92 Å². The molecule has 7 heteroatoms. The predicted molar refractivity (Wildman–Crippen MR) is 96.7 cm³/mol. The van der Waals surface area contributed by atoms with Gasteiger partial charge in [0.15, 0.2) is 11.6 Å². The van der Waals surface area contributed by atoms with Crippen LogP contribution in [0.1, 0.15) is 39.0 Å². The van der Waals surface area contributed by atoms with Crippen molar-refractivity contribution in [2.24, 2.45) is 0 Å². The number of amides is 1. The molecule has 0 spiro atoms. The van der Waals surface area contributed by atoms with Gasteiger partial charge in [0, 0.05) is 23.7 Å². The van der Waals surface area contributed by atoms with Crippen LogP contribution in [0, 0.1) is 11.6 Å². The average molecular weight is 355 g/mol. The number of halogens is 2. The van der Waals surface area contributed by atoms with E-state index in [1.54, 1.807) is 6.20 Å². The third kappa shape index (κ3) is 4.08. The summed E-state index contributed by atoms with van der Waals surface area (Å²) in [5.41, 5.74) is 0.910. The molecule has 1 saturated carbocycles. The van der Waals surface area contributed by atoms with Gasteiger partial charge in [-0.1, -0.05) is 19.3 Å². The van der Waals surface area contributed by atoms with Gasteiger partial charge >= 0.3 is 0 Å². The highest BCUT2D eigenvalue weighted by Gasteiger charge is 2.20. The van der Waals surface area contributed by atoms with Crippen LogP contribution in [0.3, 0.4) is 0 Å². The molecule has 1 atom stereocenters. The third-order valence-corrected chi connectivity index (χ3v) is 4.46. The number of hydrogen-bond acceptors (Lipinski definition) is 2. The molecule has 1 heterocycles. The van der Waals surface area contributed by atoms with Gasteiger partial charge in [0.1, 0.15) is 0 Å². The van der Waals surface area contributed by atoms with E-state index in [2.05, 4.69) is 15.6 Å². The standard InChI is InChI=1S/C17H21F2N3O.H2S/c1-10(21-11-5-3-2-4-6-11)17(23)22-16-9-20-15-8-14(19)13(18)7-12(15)16;/h7-11,20-21H,2-6H2,1H3,(H,22,23);1H2/t10-;/m0./s1. The van der Waals surface area contributed by atoms with Crippen LogP contribution in [0.25, 0.3) is 10.9 Å². The fraction of sp³-hybridized carbons (Fsp3) is 0.471. The van der Waals surface area contributed by atoms with E-state index in [4.69, 9.17) is 0 Å². The number of hydrogen-bond donors (Lipinski definition) is 3. The Kier molecular flexibility index (Phi) is 6.23. The molecule has 24 heavy (non-hydrogen) atoms. The quantitative estimate of drug-likeness (QED) is 0.781. The molecular formula is C17H23F2N3OS. The average Bonchev–Trinajstić information content (AvgIpc) is 2.91. The van der Waals surface area contributed by atoms with Crippen molar-refractivity contribution in [2.75, 3.05) is 5.32 Å². The maximum atomic E-state index is 13.4. The van der Waals surface area contributed by atoms with Crippen LogP contribution in [-0.4, -0.2) is 23.0 Å². The smallest absolute Gasteiger partial charge is 0.241 e. The minimum absolute atomic E-state index is 0. The number of H-pyrrole nitrogens is 1. The Hall–Kier alpha value is -1.60. The molecule has 4 nitrogen and oxygen atoms in total. The van der Waals surface area contributed by atoms with E-state index in [-0.39, 0.29) is 25.4 Å². The van der Waals surface area contributed by atoms with E-state index in [0.29, 0.717) is 22.6 Å². The van der Waals surface area contributed by atoms with Gasteiger partial charge in [-0.2, -0.15) is 13.5 Å². The Morgan fingerprint density at radius 3 is 2.58 bits per heavy atom. The van der Waals surface area contributed by atoms with Gasteiger partial charge < -0.3 is 15.6 Å². The van der Waals surface area contributed by atoms with E-state index < -0.39 is 11.6 Å². The first-order chi connectivity index (χ1) is 11.0. The second-order valence-corrected chi connectivity index (χ2v) is 6.23. The molecule has 0 aliphatic heterocycles. The molecule has 1 aromatic carbocycles. The lowest BCUT2D eigenvalue weighted by Crippen LogP contribution is -2.44. The largest absolute Gasteiger partial charge is 0.359 e. The van der Waals surface area contributed by atoms with Crippen LogP contribution >= 0.6 is 13.5 Å². The summed E-state index contributed by atoms with van der Waals surface area (Å²) in [6.45, 7) is 1.82. The zero-order chi connectivity index (χ0) is 16.4. The first kappa shape index (κ1) is 18.7. The second-order valence-electron chi connectivity index (χ2n) is 6.23. The van der Waals surface area contributed by atoms with Crippen molar-refractivity contribution in [3.63, 3.8) is 0 Å². The summed E-state index contributed by atoms with van der Waals surface area (Å²) in [6.07, 6.45) is 7.38. The zero-order valence-corrected chi connectivity index (χ0v) is 14.6. The van der Waals surface area contributed by atoms with Crippen molar-refractivity contribution in [1.29, 1.82) is 0 Å². The van der Waals surface area contributed by atoms with Crippen molar-refractivity contribution >= 4 is 36.0 Å². The molecule has 1 aromatic heterocycles. The number of benzene rings is 1. The second kappa shape index (κ2) is 7.98. The Morgan fingerprint density at radius 2 is 1.88 bits per heavy atom. The molecule has 1 fully saturated rings. The molecule has 0 radical (unpaired) electrons. The van der Waals surface area contributed by atoms with E-state index in [9.17, 15) is 13.6 Å². The van der Waals surface area contributed by atoms with Crippen LogP contribution in [0.5, 0.6) is 0 Å². The highest BCUT2D eigenvalue weighted by molar-refractivity contribution is 7.59. The normalized spacial score (nSPS) is 16.6. The fourth-order valence-corrected chi connectivity index (χ4v) is 3.16. The maximum Gasteiger partial charge on any atom is 0.241 e. The van der Waals surface area contributed by atoms with Crippen molar-refractivity contribution < 1.29 is 13.6 Å². The molecule has 3 N–H and O–H groups in total. The topological polar surface area (TPSA) is 56.9 Å². The van der Waals surface area contributed by atoms with Crippen molar-refractivity contribution in [2.45, 2.75) is 51.1 Å². The van der Waals surface area contributed by atoms with Gasteiger partial charge in [0.05, 0.1) is 17.2 Å².